The number of carbonyl (C=O) groups is 1. The molecule has 3 aromatic rings. The van der Waals surface area contributed by atoms with E-state index in [1.54, 1.807) is 0 Å². The van der Waals surface area contributed by atoms with Crippen LogP contribution in [0.4, 0.5) is 19.0 Å². The molecule has 1 amide bonds. The number of benzene rings is 2. The Morgan fingerprint density at radius 2 is 1.80 bits per heavy atom. The number of aromatic nitrogens is 2. The van der Waals surface area contributed by atoms with E-state index in [4.69, 9.17) is 0 Å². The molecule has 0 spiro atoms. The summed E-state index contributed by atoms with van der Waals surface area (Å²) in [5.74, 6) is -2.93. The predicted octanol–water partition coefficient (Wildman–Crippen LogP) is 3.76. The maximum Gasteiger partial charge on any atom is 0.226 e. The Hall–Kier alpha value is -3.09. The molecule has 4 rings (SSSR count). The number of amides is 1. The van der Waals surface area contributed by atoms with Gasteiger partial charge in [-0.3, -0.25) is 4.79 Å². The number of hydrogen-bond acceptors (Lipinski definition) is 2. The number of nitrogens with one attached hydrogen (secondary N) is 1. The molecule has 25 heavy (non-hydrogen) atoms. The highest BCUT2D eigenvalue weighted by Gasteiger charge is 2.32. The maximum atomic E-state index is 14.2. The zero-order valence-electron chi connectivity index (χ0n) is 12.8. The minimum Gasteiger partial charge on any atom is -0.310 e. The van der Waals surface area contributed by atoms with Gasteiger partial charge in [-0.1, -0.05) is 12.1 Å². The van der Waals surface area contributed by atoms with Crippen LogP contribution in [-0.2, 0) is 4.79 Å². The van der Waals surface area contributed by atoms with Crippen molar-refractivity contribution in [1.29, 1.82) is 0 Å². The minimum absolute atomic E-state index is 0.0114. The van der Waals surface area contributed by atoms with Crippen LogP contribution in [0.3, 0.4) is 0 Å². The van der Waals surface area contributed by atoms with Crippen LogP contribution in [-0.4, -0.2) is 15.7 Å². The summed E-state index contributed by atoms with van der Waals surface area (Å²) in [5.41, 5.74) is 1.23. The van der Waals surface area contributed by atoms with Crippen molar-refractivity contribution in [3.05, 3.63) is 77.2 Å². The molecule has 1 aromatic heterocycles. The first-order valence-corrected chi connectivity index (χ1v) is 7.62. The van der Waals surface area contributed by atoms with Gasteiger partial charge in [0.15, 0.2) is 11.6 Å². The van der Waals surface area contributed by atoms with E-state index in [0.717, 1.165) is 6.07 Å². The van der Waals surface area contributed by atoms with Crippen LogP contribution in [0.15, 0.2) is 48.7 Å². The van der Waals surface area contributed by atoms with Gasteiger partial charge in [0, 0.05) is 17.9 Å². The summed E-state index contributed by atoms with van der Waals surface area (Å²) in [7, 11) is 0. The Labute approximate surface area is 140 Å². The molecule has 1 atom stereocenters. The minimum atomic E-state index is -0.970. The second-order valence-corrected chi connectivity index (χ2v) is 5.78. The summed E-state index contributed by atoms with van der Waals surface area (Å²) in [5, 5.41) is 6.93. The highest BCUT2D eigenvalue weighted by atomic mass is 19.2. The summed E-state index contributed by atoms with van der Waals surface area (Å²) in [4.78, 5) is 12.1. The van der Waals surface area contributed by atoms with Crippen LogP contribution in [0, 0.1) is 17.5 Å². The lowest BCUT2D eigenvalue weighted by molar-refractivity contribution is -0.116. The summed E-state index contributed by atoms with van der Waals surface area (Å²) < 4.78 is 42.3. The lowest BCUT2D eigenvalue weighted by Crippen LogP contribution is -2.25. The molecule has 0 saturated heterocycles. The van der Waals surface area contributed by atoms with Crippen molar-refractivity contribution >= 4 is 11.7 Å². The first-order valence-electron chi connectivity index (χ1n) is 7.62. The van der Waals surface area contributed by atoms with Crippen LogP contribution in [0.25, 0.3) is 5.69 Å². The molecule has 0 aliphatic carbocycles. The molecule has 4 nitrogen and oxygen atoms in total. The zero-order valence-corrected chi connectivity index (χ0v) is 12.8. The molecule has 1 aliphatic rings. The smallest absolute Gasteiger partial charge is 0.226 e. The van der Waals surface area contributed by atoms with E-state index in [0.29, 0.717) is 17.1 Å². The molecule has 2 aromatic carbocycles. The quantitative estimate of drug-likeness (QED) is 0.770. The first-order chi connectivity index (χ1) is 12.0. The van der Waals surface area contributed by atoms with Gasteiger partial charge in [-0.2, -0.15) is 5.10 Å². The SMILES string of the molecule is O=C1CC(c2cccc(F)c2F)c2cnn(-c3ccc(F)cc3)c2N1. The molecular weight excluding hydrogens is 331 g/mol. The van der Waals surface area contributed by atoms with Crippen molar-refractivity contribution in [3.8, 4) is 5.69 Å². The average Bonchev–Trinajstić information content (AvgIpc) is 3.01. The molecule has 0 saturated carbocycles. The number of halogens is 3. The van der Waals surface area contributed by atoms with Gasteiger partial charge >= 0.3 is 0 Å². The van der Waals surface area contributed by atoms with E-state index >= 15 is 0 Å². The fraction of sp³-hybridized carbons (Fsp3) is 0.111. The third-order valence-corrected chi connectivity index (χ3v) is 4.25. The van der Waals surface area contributed by atoms with Crippen LogP contribution in [0.1, 0.15) is 23.5 Å². The molecule has 126 valence electrons. The fourth-order valence-corrected chi connectivity index (χ4v) is 3.06. The number of nitrogens with zero attached hydrogens (tertiary/aromatic N) is 2. The Kier molecular flexibility index (Phi) is 3.56. The molecule has 0 bridgehead atoms. The van der Waals surface area contributed by atoms with Crippen molar-refractivity contribution in [3.63, 3.8) is 0 Å². The molecule has 1 unspecified atom stereocenters. The lowest BCUT2D eigenvalue weighted by atomic mass is 9.87. The molecular formula is C18H12F3N3O. The van der Waals surface area contributed by atoms with Crippen molar-refractivity contribution in [1.82, 2.24) is 9.78 Å². The molecule has 0 radical (unpaired) electrons. The predicted molar refractivity (Wildman–Crippen MR) is 85.0 cm³/mol. The topological polar surface area (TPSA) is 46.9 Å². The van der Waals surface area contributed by atoms with E-state index in [-0.39, 0.29) is 17.9 Å². The molecule has 2 heterocycles. The molecule has 7 heteroatoms. The van der Waals surface area contributed by atoms with E-state index < -0.39 is 23.4 Å². The van der Waals surface area contributed by atoms with Gasteiger partial charge in [0.25, 0.3) is 0 Å². The monoisotopic (exact) mass is 343 g/mol. The standard InChI is InChI=1S/C18H12F3N3O/c19-10-4-6-11(7-5-10)24-18-14(9-22-24)13(8-16(25)23-18)12-2-1-3-15(20)17(12)21/h1-7,9,13H,8H2,(H,23,25). The maximum absolute atomic E-state index is 14.2. The van der Waals surface area contributed by atoms with Crippen molar-refractivity contribution < 1.29 is 18.0 Å². The fourth-order valence-electron chi connectivity index (χ4n) is 3.06. The van der Waals surface area contributed by atoms with Gasteiger partial charge in [-0.25, -0.2) is 17.9 Å². The van der Waals surface area contributed by atoms with Gasteiger partial charge in [0.1, 0.15) is 11.6 Å². The van der Waals surface area contributed by atoms with Crippen molar-refractivity contribution in [2.75, 3.05) is 5.32 Å². The Balaban J connectivity index is 1.84. The Morgan fingerprint density at radius 1 is 1.04 bits per heavy atom. The highest BCUT2D eigenvalue weighted by molar-refractivity contribution is 5.94. The summed E-state index contributed by atoms with van der Waals surface area (Å²) in [6.07, 6.45) is 1.50. The van der Waals surface area contributed by atoms with Crippen molar-refractivity contribution in [2.24, 2.45) is 0 Å². The molecule has 1 aliphatic heterocycles. The second-order valence-electron chi connectivity index (χ2n) is 5.78. The largest absolute Gasteiger partial charge is 0.310 e. The summed E-state index contributed by atoms with van der Waals surface area (Å²) in [6.45, 7) is 0. The van der Waals surface area contributed by atoms with E-state index in [2.05, 4.69) is 10.4 Å². The number of anilines is 1. The number of carbonyl (C=O) groups excluding carboxylic acids is 1. The van der Waals surface area contributed by atoms with Crippen LogP contribution >= 0.6 is 0 Å². The van der Waals surface area contributed by atoms with Gasteiger partial charge in [0.05, 0.1) is 11.9 Å². The number of fused-ring (bicyclic) bond motifs is 1. The van der Waals surface area contributed by atoms with Gasteiger partial charge in [0.2, 0.25) is 5.91 Å². The molecule has 0 fully saturated rings. The van der Waals surface area contributed by atoms with E-state index in [1.807, 2.05) is 0 Å². The molecule has 1 N–H and O–H groups in total. The number of hydrogen-bond donors (Lipinski definition) is 1. The Bertz CT molecular complexity index is 966. The normalized spacial score (nSPS) is 16.4. The first kappa shape index (κ1) is 15.4. The third-order valence-electron chi connectivity index (χ3n) is 4.25. The zero-order chi connectivity index (χ0) is 17.6. The van der Waals surface area contributed by atoms with Crippen LogP contribution in [0.2, 0.25) is 0 Å². The Morgan fingerprint density at radius 3 is 2.56 bits per heavy atom. The van der Waals surface area contributed by atoms with Gasteiger partial charge in [-0.15, -0.1) is 0 Å². The van der Waals surface area contributed by atoms with E-state index in [9.17, 15) is 18.0 Å². The van der Waals surface area contributed by atoms with Crippen molar-refractivity contribution in [2.45, 2.75) is 12.3 Å². The van der Waals surface area contributed by atoms with Crippen LogP contribution in [0.5, 0.6) is 0 Å². The summed E-state index contributed by atoms with van der Waals surface area (Å²) in [6, 6.07) is 9.48. The highest BCUT2D eigenvalue weighted by Crippen LogP contribution is 2.39. The average molecular weight is 343 g/mol. The third kappa shape index (κ3) is 2.57. The summed E-state index contributed by atoms with van der Waals surface area (Å²) >= 11 is 0. The van der Waals surface area contributed by atoms with Gasteiger partial charge in [-0.05, 0) is 35.9 Å². The van der Waals surface area contributed by atoms with Gasteiger partial charge < -0.3 is 5.32 Å². The van der Waals surface area contributed by atoms with Crippen LogP contribution < -0.4 is 5.32 Å². The lowest BCUT2D eigenvalue weighted by Gasteiger charge is -2.24. The second kappa shape index (κ2) is 5.77. The number of rotatable bonds is 2. The van der Waals surface area contributed by atoms with E-state index in [1.165, 1.54) is 47.3 Å².